The van der Waals surface area contributed by atoms with Gasteiger partial charge in [0.2, 0.25) is 0 Å². The Morgan fingerprint density at radius 1 is 1.19 bits per heavy atom. The quantitative estimate of drug-likeness (QED) is 0.541. The molecule has 0 spiro atoms. The second kappa shape index (κ2) is 8.14. The summed E-state index contributed by atoms with van der Waals surface area (Å²) in [4.78, 5) is 25.2. The molecule has 0 radical (unpaired) electrons. The molecule has 1 N–H and O–H groups in total. The molecule has 0 aliphatic heterocycles. The number of amides is 1. The Hall–Kier alpha value is -2.99. The van der Waals surface area contributed by atoms with E-state index in [1.54, 1.807) is 43.3 Å². The molecule has 0 atom stereocenters. The fourth-order valence-electron chi connectivity index (χ4n) is 2.73. The summed E-state index contributed by atoms with van der Waals surface area (Å²) in [7, 11) is 0. The van der Waals surface area contributed by atoms with Crippen LogP contribution in [0.4, 0.5) is 0 Å². The van der Waals surface area contributed by atoms with Crippen molar-refractivity contribution in [3.05, 3.63) is 75.2 Å². The monoisotopic (exact) mass is 382 g/mol. The standard InChI is InChI=1S/C20H19ClN4O2/c1-3-11-25-20(27)17-10-5-4-9-16(17)18(24-25)19(26)23-22-13(2)14-7-6-8-15(21)12-14/h4-10,12H,3,11H2,1-2H3,(H,23,26)/b22-13+. The summed E-state index contributed by atoms with van der Waals surface area (Å²) in [5, 5.41) is 9.96. The van der Waals surface area contributed by atoms with Crippen LogP contribution in [0.5, 0.6) is 0 Å². The minimum atomic E-state index is -0.475. The fraction of sp³-hybridized carbons (Fsp3) is 0.200. The first-order chi connectivity index (χ1) is 13.0. The van der Waals surface area contributed by atoms with Gasteiger partial charge in [0.1, 0.15) is 0 Å². The molecule has 0 aliphatic rings. The number of hydrazone groups is 1. The van der Waals surface area contributed by atoms with Gasteiger partial charge in [0.05, 0.1) is 11.1 Å². The average Bonchev–Trinajstić information content (AvgIpc) is 2.68. The third-order valence-corrected chi connectivity index (χ3v) is 4.32. The number of halogens is 1. The van der Waals surface area contributed by atoms with Crippen LogP contribution in [0.25, 0.3) is 10.8 Å². The van der Waals surface area contributed by atoms with E-state index >= 15 is 0 Å². The van der Waals surface area contributed by atoms with E-state index in [4.69, 9.17) is 11.6 Å². The smallest absolute Gasteiger partial charge is 0.267 e. The highest BCUT2D eigenvalue weighted by Crippen LogP contribution is 2.14. The first-order valence-electron chi connectivity index (χ1n) is 8.61. The van der Waals surface area contributed by atoms with E-state index in [0.29, 0.717) is 28.1 Å². The van der Waals surface area contributed by atoms with Gasteiger partial charge in [-0.1, -0.05) is 48.9 Å². The molecule has 3 aromatic rings. The van der Waals surface area contributed by atoms with Gasteiger partial charge in [0.25, 0.3) is 11.5 Å². The minimum absolute atomic E-state index is 0.168. The Morgan fingerprint density at radius 2 is 1.93 bits per heavy atom. The lowest BCUT2D eigenvalue weighted by Gasteiger charge is -2.09. The molecule has 2 aromatic carbocycles. The van der Waals surface area contributed by atoms with Crippen molar-refractivity contribution in [2.75, 3.05) is 0 Å². The summed E-state index contributed by atoms with van der Waals surface area (Å²) < 4.78 is 1.32. The largest absolute Gasteiger partial charge is 0.292 e. The van der Waals surface area contributed by atoms with Gasteiger partial charge < -0.3 is 0 Å². The molecular weight excluding hydrogens is 364 g/mol. The van der Waals surface area contributed by atoms with Crippen molar-refractivity contribution in [2.24, 2.45) is 5.10 Å². The van der Waals surface area contributed by atoms with E-state index in [2.05, 4.69) is 15.6 Å². The molecule has 27 heavy (non-hydrogen) atoms. The summed E-state index contributed by atoms with van der Waals surface area (Å²) in [6.07, 6.45) is 0.734. The van der Waals surface area contributed by atoms with Crippen LogP contribution in [-0.4, -0.2) is 21.4 Å². The van der Waals surface area contributed by atoms with Crippen LogP contribution >= 0.6 is 11.6 Å². The number of nitrogens with one attached hydrogen (secondary N) is 1. The van der Waals surface area contributed by atoms with Gasteiger partial charge in [0, 0.05) is 17.0 Å². The molecule has 1 aromatic heterocycles. The molecule has 0 saturated carbocycles. The molecule has 0 unspecified atom stereocenters. The summed E-state index contributed by atoms with van der Waals surface area (Å²) in [6, 6.07) is 14.1. The normalized spacial score (nSPS) is 11.6. The van der Waals surface area contributed by atoms with E-state index in [1.807, 2.05) is 19.1 Å². The van der Waals surface area contributed by atoms with Crippen LogP contribution < -0.4 is 11.0 Å². The van der Waals surface area contributed by atoms with Crippen LogP contribution in [0.2, 0.25) is 5.02 Å². The third kappa shape index (κ3) is 4.06. The highest BCUT2D eigenvalue weighted by atomic mass is 35.5. The second-order valence-corrected chi connectivity index (χ2v) is 6.51. The van der Waals surface area contributed by atoms with Crippen LogP contribution in [-0.2, 0) is 6.54 Å². The van der Waals surface area contributed by atoms with Gasteiger partial charge in [-0.05, 0) is 37.1 Å². The van der Waals surface area contributed by atoms with E-state index in [9.17, 15) is 9.59 Å². The molecular formula is C20H19ClN4O2. The maximum atomic E-state index is 12.7. The van der Waals surface area contributed by atoms with E-state index < -0.39 is 5.91 Å². The number of nitrogens with zero attached hydrogens (tertiary/aromatic N) is 3. The SMILES string of the molecule is CCCn1nc(C(=O)N/N=C(\C)c2cccc(Cl)c2)c2ccccc2c1=O. The Morgan fingerprint density at radius 3 is 2.63 bits per heavy atom. The maximum Gasteiger partial charge on any atom is 0.292 e. The van der Waals surface area contributed by atoms with Crippen LogP contribution in [0, 0.1) is 0 Å². The van der Waals surface area contributed by atoms with Gasteiger partial charge in [-0.3, -0.25) is 9.59 Å². The number of benzene rings is 2. The topological polar surface area (TPSA) is 76.3 Å². The van der Waals surface area contributed by atoms with Gasteiger partial charge in [0.15, 0.2) is 5.69 Å². The number of hydrogen-bond donors (Lipinski definition) is 1. The van der Waals surface area contributed by atoms with Crippen molar-refractivity contribution in [2.45, 2.75) is 26.8 Å². The Kier molecular flexibility index (Phi) is 5.66. The van der Waals surface area contributed by atoms with Crippen molar-refractivity contribution in [3.63, 3.8) is 0 Å². The van der Waals surface area contributed by atoms with Crippen molar-refractivity contribution in [3.8, 4) is 0 Å². The molecule has 0 aliphatic carbocycles. The predicted molar refractivity (Wildman–Crippen MR) is 107 cm³/mol. The summed E-state index contributed by atoms with van der Waals surface area (Å²) in [5.41, 5.74) is 3.90. The van der Waals surface area contributed by atoms with Crippen molar-refractivity contribution < 1.29 is 4.79 Å². The highest BCUT2D eigenvalue weighted by Gasteiger charge is 2.16. The Balaban J connectivity index is 1.97. The van der Waals surface area contributed by atoms with E-state index in [0.717, 1.165) is 12.0 Å². The molecule has 1 heterocycles. The van der Waals surface area contributed by atoms with Gasteiger partial charge in [-0.2, -0.15) is 10.2 Å². The lowest BCUT2D eigenvalue weighted by atomic mass is 10.1. The molecule has 138 valence electrons. The molecule has 3 rings (SSSR count). The second-order valence-electron chi connectivity index (χ2n) is 6.07. The Labute approximate surface area is 161 Å². The third-order valence-electron chi connectivity index (χ3n) is 4.09. The maximum absolute atomic E-state index is 12.7. The molecule has 0 fully saturated rings. The van der Waals surface area contributed by atoms with E-state index in [-0.39, 0.29) is 11.3 Å². The Bertz CT molecular complexity index is 1090. The summed E-state index contributed by atoms with van der Waals surface area (Å²) in [6.45, 7) is 4.16. The minimum Gasteiger partial charge on any atom is -0.267 e. The molecule has 1 amide bonds. The van der Waals surface area contributed by atoms with E-state index in [1.165, 1.54) is 4.68 Å². The average molecular weight is 383 g/mol. The van der Waals surface area contributed by atoms with Crippen LogP contribution in [0.15, 0.2) is 58.4 Å². The predicted octanol–water partition coefficient (Wildman–Crippen LogP) is 3.61. The zero-order valence-corrected chi connectivity index (χ0v) is 15.8. The summed E-state index contributed by atoms with van der Waals surface area (Å²) in [5.74, 6) is -0.475. The number of hydrogen-bond acceptors (Lipinski definition) is 4. The van der Waals surface area contributed by atoms with Gasteiger partial charge >= 0.3 is 0 Å². The molecule has 6 nitrogen and oxygen atoms in total. The van der Waals surface area contributed by atoms with Gasteiger partial charge in [-0.15, -0.1) is 0 Å². The molecule has 0 saturated heterocycles. The van der Waals surface area contributed by atoms with Crippen LogP contribution in [0.3, 0.4) is 0 Å². The highest BCUT2D eigenvalue weighted by molar-refractivity contribution is 6.31. The van der Waals surface area contributed by atoms with Gasteiger partial charge in [-0.25, -0.2) is 10.1 Å². The summed E-state index contributed by atoms with van der Waals surface area (Å²) >= 11 is 5.99. The number of fused-ring (bicyclic) bond motifs is 1. The zero-order valence-electron chi connectivity index (χ0n) is 15.1. The first-order valence-corrected chi connectivity index (χ1v) is 8.99. The number of carbonyl (C=O) groups excluding carboxylic acids is 1. The zero-order chi connectivity index (χ0) is 19.4. The molecule has 7 heteroatoms. The number of rotatable bonds is 5. The number of aromatic nitrogens is 2. The molecule has 0 bridgehead atoms. The lowest BCUT2D eigenvalue weighted by Crippen LogP contribution is -2.29. The number of carbonyl (C=O) groups is 1. The lowest BCUT2D eigenvalue weighted by molar-refractivity contribution is 0.0949. The van der Waals surface area contributed by atoms with Crippen molar-refractivity contribution in [1.29, 1.82) is 0 Å². The first kappa shape index (κ1) is 18.8. The van der Waals surface area contributed by atoms with Crippen LogP contribution in [0.1, 0.15) is 36.3 Å². The fourth-order valence-corrected chi connectivity index (χ4v) is 2.92. The number of aryl methyl sites for hydroxylation is 1. The van der Waals surface area contributed by atoms with Crippen molar-refractivity contribution >= 4 is 34.0 Å². The van der Waals surface area contributed by atoms with Crippen molar-refractivity contribution in [1.82, 2.24) is 15.2 Å².